The molecule has 27 heavy (non-hydrogen) atoms. The van der Waals surface area contributed by atoms with E-state index in [4.69, 9.17) is 0 Å². The molecule has 0 unspecified atom stereocenters. The lowest BCUT2D eigenvalue weighted by Crippen LogP contribution is -2.27. The number of benzene rings is 1. The Morgan fingerprint density at radius 1 is 1.15 bits per heavy atom. The second-order valence-corrected chi connectivity index (χ2v) is 7.03. The fraction of sp³-hybridized carbons (Fsp3) is 0.100. The monoisotopic (exact) mass is 380 g/mol. The molecular formula is C20H17FN4OS. The van der Waals surface area contributed by atoms with Crippen molar-refractivity contribution in [3.63, 3.8) is 0 Å². The van der Waals surface area contributed by atoms with Gasteiger partial charge in [-0.25, -0.2) is 9.07 Å². The Labute approximate surface area is 159 Å². The highest BCUT2D eigenvalue weighted by molar-refractivity contribution is 7.10. The van der Waals surface area contributed by atoms with Gasteiger partial charge in [-0.3, -0.25) is 4.79 Å². The van der Waals surface area contributed by atoms with Gasteiger partial charge in [0.2, 0.25) is 0 Å². The molecule has 4 aromatic rings. The lowest BCUT2D eigenvalue weighted by molar-refractivity contribution is 0.0940. The van der Waals surface area contributed by atoms with Gasteiger partial charge in [0.15, 0.2) is 5.82 Å². The number of carbonyl (C=O) groups excluding carboxylic acids is 1. The van der Waals surface area contributed by atoms with E-state index in [1.54, 1.807) is 46.5 Å². The number of rotatable bonds is 5. The van der Waals surface area contributed by atoms with E-state index in [1.165, 1.54) is 16.9 Å². The number of nitrogens with one attached hydrogen (secondary N) is 1. The first-order valence-corrected chi connectivity index (χ1v) is 9.33. The molecule has 0 saturated heterocycles. The minimum absolute atomic E-state index is 0.133. The van der Waals surface area contributed by atoms with Crippen LogP contribution in [0.2, 0.25) is 0 Å². The number of hydrogen-bond donors (Lipinski definition) is 1. The van der Waals surface area contributed by atoms with Gasteiger partial charge in [0.05, 0.1) is 12.2 Å². The van der Waals surface area contributed by atoms with E-state index >= 15 is 0 Å². The van der Waals surface area contributed by atoms with Crippen LogP contribution in [0.4, 0.5) is 4.39 Å². The summed E-state index contributed by atoms with van der Waals surface area (Å²) in [6, 6.07) is 13.8. The van der Waals surface area contributed by atoms with Gasteiger partial charge in [-0.05, 0) is 42.6 Å². The molecule has 1 N–H and O–H groups in total. The molecule has 1 amide bonds. The van der Waals surface area contributed by atoms with Crippen molar-refractivity contribution in [3.05, 3.63) is 88.8 Å². The Morgan fingerprint density at radius 2 is 1.93 bits per heavy atom. The molecule has 0 aliphatic carbocycles. The largest absolute Gasteiger partial charge is 0.345 e. The standard InChI is InChI=1S/C20H17FN4OS/c1-14(18-9-6-12-27-18)23-19(26)15-13-22-25(17-8-3-2-7-16(17)21)20(15)24-10-4-5-11-24/h2-14H,1H3,(H,23,26)/t14-/m1/s1. The number of aromatic nitrogens is 3. The van der Waals surface area contributed by atoms with E-state index in [2.05, 4.69) is 10.4 Å². The maximum atomic E-state index is 14.3. The number of hydrogen-bond acceptors (Lipinski definition) is 3. The van der Waals surface area contributed by atoms with E-state index < -0.39 is 5.82 Å². The van der Waals surface area contributed by atoms with Crippen LogP contribution in [0.25, 0.3) is 11.5 Å². The molecule has 3 aromatic heterocycles. The molecule has 0 saturated carbocycles. The summed E-state index contributed by atoms with van der Waals surface area (Å²) in [4.78, 5) is 14.0. The molecule has 3 heterocycles. The van der Waals surface area contributed by atoms with Gasteiger partial charge in [-0.15, -0.1) is 11.3 Å². The lowest BCUT2D eigenvalue weighted by atomic mass is 10.2. The SMILES string of the molecule is C[C@@H](NC(=O)c1cnn(-c2ccccc2F)c1-n1cccc1)c1cccs1. The first kappa shape index (κ1) is 17.2. The van der Waals surface area contributed by atoms with Gasteiger partial charge in [-0.2, -0.15) is 5.10 Å². The third-order valence-electron chi connectivity index (χ3n) is 4.24. The highest BCUT2D eigenvalue weighted by Crippen LogP contribution is 2.23. The quantitative estimate of drug-likeness (QED) is 0.559. The number of carbonyl (C=O) groups is 1. The second-order valence-electron chi connectivity index (χ2n) is 6.05. The van der Waals surface area contributed by atoms with Gasteiger partial charge >= 0.3 is 0 Å². The van der Waals surface area contributed by atoms with Crippen LogP contribution in [0.5, 0.6) is 0 Å². The molecule has 1 atom stereocenters. The van der Waals surface area contributed by atoms with Crippen molar-refractivity contribution in [3.8, 4) is 11.5 Å². The van der Waals surface area contributed by atoms with Crippen LogP contribution in [-0.2, 0) is 0 Å². The van der Waals surface area contributed by atoms with Gasteiger partial charge in [0.1, 0.15) is 17.1 Å². The molecule has 0 radical (unpaired) electrons. The summed E-state index contributed by atoms with van der Waals surface area (Å²) in [6.45, 7) is 1.93. The fourth-order valence-electron chi connectivity index (χ4n) is 2.91. The predicted octanol–water partition coefficient (Wildman–Crippen LogP) is 4.35. The van der Waals surface area contributed by atoms with Gasteiger partial charge in [-0.1, -0.05) is 18.2 Å². The number of amides is 1. The highest BCUT2D eigenvalue weighted by Gasteiger charge is 2.22. The van der Waals surface area contributed by atoms with E-state index in [0.717, 1.165) is 4.88 Å². The zero-order valence-corrected chi connectivity index (χ0v) is 15.4. The Hall–Kier alpha value is -3.19. The Bertz CT molecular complexity index is 1050. The van der Waals surface area contributed by atoms with Gasteiger partial charge < -0.3 is 9.88 Å². The number of thiophene rings is 1. The van der Waals surface area contributed by atoms with Crippen LogP contribution in [0, 0.1) is 5.82 Å². The van der Waals surface area contributed by atoms with Crippen molar-refractivity contribution in [2.24, 2.45) is 0 Å². The maximum Gasteiger partial charge on any atom is 0.257 e. The fourth-order valence-corrected chi connectivity index (χ4v) is 3.64. The van der Waals surface area contributed by atoms with Crippen molar-refractivity contribution in [1.82, 2.24) is 19.7 Å². The number of nitrogens with zero attached hydrogens (tertiary/aromatic N) is 3. The molecule has 1 aromatic carbocycles. The van der Waals surface area contributed by atoms with Gasteiger partial charge in [0, 0.05) is 17.3 Å². The molecule has 5 nitrogen and oxygen atoms in total. The molecule has 136 valence electrons. The summed E-state index contributed by atoms with van der Waals surface area (Å²) in [6.07, 6.45) is 5.07. The average molecular weight is 380 g/mol. The molecule has 0 aliphatic rings. The maximum absolute atomic E-state index is 14.3. The van der Waals surface area contributed by atoms with E-state index in [0.29, 0.717) is 11.4 Å². The molecule has 0 spiro atoms. The van der Waals surface area contributed by atoms with Crippen LogP contribution < -0.4 is 5.32 Å². The number of para-hydroxylation sites is 1. The summed E-state index contributed by atoms with van der Waals surface area (Å²) in [7, 11) is 0. The van der Waals surface area contributed by atoms with Crippen molar-refractivity contribution >= 4 is 17.2 Å². The predicted molar refractivity (Wildman–Crippen MR) is 103 cm³/mol. The normalized spacial score (nSPS) is 12.1. The second kappa shape index (κ2) is 7.20. The third kappa shape index (κ3) is 3.29. The average Bonchev–Trinajstić information content (AvgIpc) is 3.41. The van der Waals surface area contributed by atoms with Crippen molar-refractivity contribution in [2.75, 3.05) is 0 Å². The summed E-state index contributed by atoms with van der Waals surface area (Å²) >= 11 is 1.58. The highest BCUT2D eigenvalue weighted by atomic mass is 32.1. The number of halogens is 1. The molecule has 0 aliphatic heterocycles. The Morgan fingerprint density at radius 3 is 2.63 bits per heavy atom. The first-order chi connectivity index (χ1) is 13.1. The third-order valence-corrected chi connectivity index (χ3v) is 5.29. The van der Waals surface area contributed by atoms with Crippen LogP contribution in [0.1, 0.15) is 28.2 Å². The van der Waals surface area contributed by atoms with Crippen LogP contribution in [0.3, 0.4) is 0 Å². The zero-order valence-electron chi connectivity index (χ0n) is 14.5. The molecular weight excluding hydrogens is 363 g/mol. The smallest absolute Gasteiger partial charge is 0.257 e. The van der Waals surface area contributed by atoms with E-state index in [1.807, 2.05) is 36.6 Å². The van der Waals surface area contributed by atoms with Crippen molar-refractivity contribution in [1.29, 1.82) is 0 Å². The molecule has 7 heteroatoms. The molecule has 0 fully saturated rings. The van der Waals surface area contributed by atoms with Crippen molar-refractivity contribution in [2.45, 2.75) is 13.0 Å². The summed E-state index contributed by atoms with van der Waals surface area (Å²) in [5.41, 5.74) is 0.657. The van der Waals surface area contributed by atoms with Crippen molar-refractivity contribution < 1.29 is 9.18 Å². The topological polar surface area (TPSA) is 51.9 Å². The summed E-state index contributed by atoms with van der Waals surface area (Å²) in [5, 5.41) is 9.25. The summed E-state index contributed by atoms with van der Waals surface area (Å²) < 4.78 is 17.5. The minimum atomic E-state index is -0.409. The Balaban J connectivity index is 1.75. The molecule has 0 bridgehead atoms. The zero-order chi connectivity index (χ0) is 18.8. The van der Waals surface area contributed by atoms with Gasteiger partial charge in [0.25, 0.3) is 5.91 Å². The first-order valence-electron chi connectivity index (χ1n) is 8.45. The van der Waals surface area contributed by atoms with Crippen LogP contribution in [0.15, 0.2) is 72.5 Å². The van der Waals surface area contributed by atoms with Crippen LogP contribution >= 0.6 is 11.3 Å². The van der Waals surface area contributed by atoms with E-state index in [9.17, 15) is 9.18 Å². The van der Waals surface area contributed by atoms with E-state index in [-0.39, 0.29) is 17.6 Å². The Kier molecular flexibility index (Phi) is 4.60. The summed E-state index contributed by atoms with van der Waals surface area (Å²) in [5.74, 6) is -0.184. The lowest BCUT2D eigenvalue weighted by Gasteiger charge is -2.14. The minimum Gasteiger partial charge on any atom is -0.345 e. The molecule has 4 rings (SSSR count). The van der Waals surface area contributed by atoms with Crippen LogP contribution in [-0.4, -0.2) is 20.3 Å².